The van der Waals surface area contributed by atoms with Crippen molar-refractivity contribution in [3.05, 3.63) is 30.1 Å². The molecule has 1 atom stereocenters. The fraction of sp³-hybridized carbons (Fsp3) is 0.571. The Labute approximate surface area is 102 Å². The minimum absolute atomic E-state index is 0.148. The zero-order valence-corrected chi connectivity index (χ0v) is 10.2. The zero-order valence-electron chi connectivity index (χ0n) is 10.2. The van der Waals surface area contributed by atoms with E-state index in [4.69, 9.17) is 0 Å². The monoisotopic (exact) mass is 230 g/mol. The number of amides is 1. The topological polar surface area (TPSA) is 33.2 Å². The van der Waals surface area contributed by atoms with Gasteiger partial charge in [-0.1, -0.05) is 6.42 Å². The van der Waals surface area contributed by atoms with E-state index in [9.17, 15) is 4.79 Å². The first-order valence-corrected chi connectivity index (χ1v) is 6.41. The van der Waals surface area contributed by atoms with Gasteiger partial charge in [0.2, 0.25) is 0 Å². The molecule has 1 aromatic heterocycles. The molecule has 0 radical (unpaired) electrons. The molecule has 1 unspecified atom stereocenters. The number of likely N-dealkylation sites (tertiary alicyclic amines) is 1. The van der Waals surface area contributed by atoms with E-state index in [0.717, 1.165) is 12.1 Å². The molecule has 1 aromatic rings. The molecular weight excluding hydrogens is 212 g/mol. The Balaban J connectivity index is 1.79. The standard InChI is InChI=1S/C14H18N2O/c1-11-8-14(5-3-6-14)10-16(11)13(17)12-4-2-7-15-9-12/h2,4,7,9,11H,3,5-6,8,10H2,1H3. The third-order valence-electron chi connectivity index (χ3n) is 4.35. The Kier molecular flexibility index (Phi) is 2.42. The maximum absolute atomic E-state index is 12.4. The van der Waals surface area contributed by atoms with Gasteiger partial charge >= 0.3 is 0 Å². The first-order chi connectivity index (χ1) is 8.20. The molecule has 0 aromatic carbocycles. The fourth-order valence-corrected chi connectivity index (χ4v) is 3.28. The first-order valence-electron chi connectivity index (χ1n) is 6.41. The highest BCUT2D eigenvalue weighted by atomic mass is 16.2. The van der Waals surface area contributed by atoms with Crippen molar-refractivity contribution >= 4 is 5.91 Å². The molecule has 0 bridgehead atoms. The highest BCUT2D eigenvalue weighted by Crippen LogP contribution is 2.50. The predicted octanol–water partition coefficient (Wildman–Crippen LogP) is 2.49. The molecule has 1 saturated heterocycles. The van der Waals surface area contributed by atoms with E-state index in [-0.39, 0.29) is 5.91 Å². The summed E-state index contributed by atoms with van der Waals surface area (Å²) in [4.78, 5) is 18.4. The number of carbonyl (C=O) groups excluding carboxylic acids is 1. The van der Waals surface area contributed by atoms with E-state index in [2.05, 4.69) is 11.9 Å². The highest BCUT2D eigenvalue weighted by molar-refractivity contribution is 5.94. The van der Waals surface area contributed by atoms with Crippen LogP contribution in [0.2, 0.25) is 0 Å². The summed E-state index contributed by atoms with van der Waals surface area (Å²) in [5.41, 5.74) is 1.17. The molecule has 1 aliphatic carbocycles. The van der Waals surface area contributed by atoms with Gasteiger partial charge in [0.05, 0.1) is 5.56 Å². The Hall–Kier alpha value is -1.38. The SMILES string of the molecule is CC1CC2(CCC2)CN1C(=O)c1cccnc1. The van der Waals surface area contributed by atoms with Gasteiger partial charge in [0.25, 0.3) is 5.91 Å². The zero-order chi connectivity index (χ0) is 11.9. The van der Waals surface area contributed by atoms with Crippen LogP contribution >= 0.6 is 0 Å². The molecule has 1 spiro atoms. The summed E-state index contributed by atoms with van der Waals surface area (Å²) in [7, 11) is 0. The van der Waals surface area contributed by atoms with E-state index in [0.29, 0.717) is 11.5 Å². The number of pyridine rings is 1. The van der Waals surface area contributed by atoms with Gasteiger partial charge in [-0.05, 0) is 43.7 Å². The Bertz CT molecular complexity index is 425. The minimum atomic E-state index is 0.148. The molecule has 2 fully saturated rings. The lowest BCUT2D eigenvalue weighted by Gasteiger charge is -2.37. The van der Waals surface area contributed by atoms with E-state index in [1.54, 1.807) is 12.4 Å². The van der Waals surface area contributed by atoms with Gasteiger partial charge in [-0.3, -0.25) is 9.78 Å². The molecule has 2 aliphatic rings. The predicted molar refractivity (Wildman–Crippen MR) is 65.6 cm³/mol. The third kappa shape index (κ3) is 1.74. The van der Waals surface area contributed by atoms with Crippen molar-refractivity contribution < 1.29 is 4.79 Å². The Morgan fingerprint density at radius 1 is 1.53 bits per heavy atom. The lowest BCUT2D eigenvalue weighted by molar-refractivity contribution is 0.0700. The fourth-order valence-electron chi connectivity index (χ4n) is 3.28. The smallest absolute Gasteiger partial charge is 0.255 e. The molecule has 3 nitrogen and oxygen atoms in total. The van der Waals surface area contributed by atoms with Gasteiger partial charge in [-0.25, -0.2) is 0 Å². The number of aromatic nitrogens is 1. The molecule has 0 N–H and O–H groups in total. The summed E-state index contributed by atoms with van der Waals surface area (Å²) in [6.07, 6.45) is 8.49. The van der Waals surface area contributed by atoms with E-state index in [1.807, 2.05) is 17.0 Å². The maximum Gasteiger partial charge on any atom is 0.255 e. The Morgan fingerprint density at radius 2 is 2.35 bits per heavy atom. The second-order valence-electron chi connectivity index (χ2n) is 5.58. The van der Waals surface area contributed by atoms with Crippen molar-refractivity contribution in [2.45, 2.75) is 38.6 Å². The van der Waals surface area contributed by atoms with Crippen molar-refractivity contribution in [2.24, 2.45) is 5.41 Å². The lowest BCUT2D eigenvalue weighted by atomic mass is 9.68. The third-order valence-corrected chi connectivity index (χ3v) is 4.35. The number of carbonyl (C=O) groups is 1. The maximum atomic E-state index is 12.4. The number of nitrogens with zero attached hydrogens (tertiary/aromatic N) is 2. The molecule has 1 aliphatic heterocycles. The Morgan fingerprint density at radius 3 is 2.88 bits per heavy atom. The van der Waals surface area contributed by atoms with E-state index < -0.39 is 0 Å². The summed E-state index contributed by atoms with van der Waals surface area (Å²) in [6.45, 7) is 3.11. The normalized spacial score (nSPS) is 25.9. The minimum Gasteiger partial charge on any atom is -0.335 e. The van der Waals surface area contributed by atoms with Crippen molar-refractivity contribution in [3.63, 3.8) is 0 Å². The first kappa shape index (κ1) is 10.8. The van der Waals surface area contributed by atoms with Crippen molar-refractivity contribution in [2.75, 3.05) is 6.54 Å². The molecule has 3 rings (SSSR count). The van der Waals surface area contributed by atoms with Crippen LogP contribution in [0.25, 0.3) is 0 Å². The van der Waals surface area contributed by atoms with Crippen LogP contribution in [0.3, 0.4) is 0 Å². The molecule has 17 heavy (non-hydrogen) atoms. The van der Waals surface area contributed by atoms with Crippen molar-refractivity contribution in [3.8, 4) is 0 Å². The second-order valence-corrected chi connectivity index (χ2v) is 5.58. The summed E-state index contributed by atoms with van der Waals surface area (Å²) in [6, 6.07) is 4.06. The van der Waals surface area contributed by atoms with Gasteiger partial charge in [0.15, 0.2) is 0 Å². The van der Waals surface area contributed by atoms with Crippen LogP contribution in [0.15, 0.2) is 24.5 Å². The van der Waals surface area contributed by atoms with Gasteiger partial charge in [-0.15, -0.1) is 0 Å². The van der Waals surface area contributed by atoms with Crippen LogP contribution in [-0.2, 0) is 0 Å². The molecule has 90 valence electrons. The average Bonchev–Trinajstić information content (AvgIpc) is 2.67. The number of rotatable bonds is 1. The van der Waals surface area contributed by atoms with Gasteiger partial charge < -0.3 is 4.90 Å². The molecule has 2 heterocycles. The summed E-state index contributed by atoms with van der Waals surface area (Å²) < 4.78 is 0. The van der Waals surface area contributed by atoms with Crippen LogP contribution in [-0.4, -0.2) is 28.4 Å². The van der Waals surface area contributed by atoms with Gasteiger partial charge in [0, 0.05) is 25.0 Å². The molecule has 1 saturated carbocycles. The van der Waals surface area contributed by atoms with Crippen molar-refractivity contribution in [1.29, 1.82) is 0 Å². The van der Waals surface area contributed by atoms with Crippen LogP contribution in [0, 0.1) is 5.41 Å². The van der Waals surface area contributed by atoms with Crippen LogP contribution < -0.4 is 0 Å². The summed E-state index contributed by atoms with van der Waals surface area (Å²) in [5, 5.41) is 0. The quantitative estimate of drug-likeness (QED) is 0.742. The molecule has 1 amide bonds. The van der Waals surface area contributed by atoms with Gasteiger partial charge in [-0.2, -0.15) is 0 Å². The van der Waals surface area contributed by atoms with Crippen LogP contribution in [0.5, 0.6) is 0 Å². The average molecular weight is 230 g/mol. The number of hydrogen-bond acceptors (Lipinski definition) is 2. The van der Waals surface area contributed by atoms with Crippen LogP contribution in [0.1, 0.15) is 43.0 Å². The van der Waals surface area contributed by atoms with E-state index in [1.165, 1.54) is 25.7 Å². The van der Waals surface area contributed by atoms with Crippen molar-refractivity contribution in [1.82, 2.24) is 9.88 Å². The second kappa shape index (κ2) is 3.83. The molecular formula is C14H18N2O. The van der Waals surface area contributed by atoms with Crippen LogP contribution in [0.4, 0.5) is 0 Å². The lowest BCUT2D eigenvalue weighted by Crippen LogP contribution is -2.37. The molecule has 3 heteroatoms. The van der Waals surface area contributed by atoms with Gasteiger partial charge in [0.1, 0.15) is 0 Å². The number of hydrogen-bond donors (Lipinski definition) is 0. The largest absolute Gasteiger partial charge is 0.335 e. The summed E-state index contributed by atoms with van der Waals surface area (Å²) in [5.74, 6) is 0.148. The van der Waals surface area contributed by atoms with E-state index >= 15 is 0 Å². The highest BCUT2D eigenvalue weighted by Gasteiger charge is 2.47. The summed E-state index contributed by atoms with van der Waals surface area (Å²) >= 11 is 0.